The molecule has 0 saturated carbocycles. The molecule has 7 nitrogen and oxygen atoms in total. The van der Waals surface area contributed by atoms with Gasteiger partial charge in [-0.3, -0.25) is 4.79 Å². The quantitative estimate of drug-likeness (QED) is 0.781. The van der Waals surface area contributed by atoms with Crippen LogP contribution < -0.4 is 18.9 Å². The number of rotatable bonds is 6. The Balaban J connectivity index is 1.86. The number of methoxy groups -OCH3 is 2. The van der Waals surface area contributed by atoms with Gasteiger partial charge in [0.2, 0.25) is 5.78 Å². The second kappa shape index (κ2) is 7.41. The van der Waals surface area contributed by atoms with Crippen LogP contribution in [0.2, 0.25) is 0 Å². The minimum atomic E-state index is -1.08. The van der Waals surface area contributed by atoms with E-state index in [2.05, 4.69) is 0 Å². The Kier molecular flexibility index (Phi) is 5.03. The highest BCUT2D eigenvalue weighted by Crippen LogP contribution is 2.36. The molecule has 1 unspecified atom stereocenters. The summed E-state index contributed by atoms with van der Waals surface area (Å²) in [5.74, 6) is 0.550. The molecule has 0 amide bonds. The second-order valence-electron chi connectivity index (χ2n) is 5.81. The third-order valence-corrected chi connectivity index (χ3v) is 4.01. The molecule has 3 rings (SSSR count). The predicted octanol–water partition coefficient (Wildman–Crippen LogP) is 3.17. The lowest BCUT2D eigenvalue weighted by Crippen LogP contribution is -2.22. The second-order valence-corrected chi connectivity index (χ2v) is 5.81. The van der Waals surface area contributed by atoms with Crippen molar-refractivity contribution in [3.05, 3.63) is 53.3 Å². The van der Waals surface area contributed by atoms with E-state index in [1.165, 1.54) is 20.1 Å². The van der Waals surface area contributed by atoms with Gasteiger partial charge in [-0.15, -0.1) is 0 Å². The summed E-state index contributed by atoms with van der Waals surface area (Å²) in [6, 6.07) is 9.83. The molecule has 7 heteroatoms. The largest absolute Gasteiger partial charge is 0.493 e. The van der Waals surface area contributed by atoms with Crippen molar-refractivity contribution in [2.75, 3.05) is 14.2 Å². The van der Waals surface area contributed by atoms with Gasteiger partial charge >= 0.3 is 5.97 Å². The van der Waals surface area contributed by atoms with Gasteiger partial charge in [-0.05, 0) is 42.8 Å². The van der Waals surface area contributed by atoms with Gasteiger partial charge < -0.3 is 24.1 Å². The van der Waals surface area contributed by atoms with Gasteiger partial charge in [0, 0.05) is 6.07 Å². The summed E-state index contributed by atoms with van der Waals surface area (Å²) in [7, 11) is 3.07. The van der Waals surface area contributed by atoms with Crippen molar-refractivity contribution in [1.82, 2.24) is 0 Å². The monoisotopic (exact) mass is 370 g/mol. The van der Waals surface area contributed by atoms with Crippen molar-refractivity contribution in [2.45, 2.75) is 13.0 Å². The number of carbonyl (C=O) groups excluding carboxylic acids is 1. The van der Waals surface area contributed by atoms with Crippen LogP contribution in [0.25, 0.3) is 6.08 Å². The Morgan fingerprint density at radius 3 is 2.52 bits per heavy atom. The van der Waals surface area contributed by atoms with Crippen molar-refractivity contribution in [1.29, 1.82) is 0 Å². The van der Waals surface area contributed by atoms with Crippen LogP contribution in [0.4, 0.5) is 0 Å². The maximum absolute atomic E-state index is 12.5. The summed E-state index contributed by atoms with van der Waals surface area (Å²) >= 11 is 0. The zero-order valence-electron chi connectivity index (χ0n) is 15.0. The molecule has 1 heterocycles. The smallest absolute Gasteiger partial charge is 0.344 e. The maximum Gasteiger partial charge on any atom is 0.344 e. The fourth-order valence-electron chi connectivity index (χ4n) is 2.59. The van der Waals surface area contributed by atoms with Crippen molar-refractivity contribution in [3.8, 4) is 23.0 Å². The molecule has 0 saturated heterocycles. The first-order valence-electron chi connectivity index (χ1n) is 8.12. The van der Waals surface area contributed by atoms with E-state index in [-0.39, 0.29) is 11.5 Å². The third-order valence-electron chi connectivity index (χ3n) is 4.01. The van der Waals surface area contributed by atoms with E-state index in [1.54, 1.807) is 43.5 Å². The zero-order chi connectivity index (χ0) is 19.6. The van der Waals surface area contributed by atoms with E-state index < -0.39 is 12.1 Å². The summed E-state index contributed by atoms with van der Waals surface area (Å²) in [6.07, 6.45) is 0.590. The Labute approximate surface area is 155 Å². The molecule has 0 spiro atoms. The number of hydrogen-bond acceptors (Lipinski definition) is 6. The van der Waals surface area contributed by atoms with Gasteiger partial charge in [-0.25, -0.2) is 4.79 Å². The lowest BCUT2D eigenvalue weighted by atomic mass is 10.1. The van der Waals surface area contributed by atoms with Crippen LogP contribution in [0.15, 0.2) is 42.2 Å². The number of Topliss-reactive ketones (excluding diaryl/α,β-unsaturated/α-hetero) is 1. The van der Waals surface area contributed by atoms with Crippen molar-refractivity contribution >= 4 is 17.8 Å². The molecule has 140 valence electrons. The van der Waals surface area contributed by atoms with Crippen LogP contribution >= 0.6 is 0 Å². The molecule has 1 N–H and O–H groups in total. The number of aliphatic carboxylic acids is 1. The van der Waals surface area contributed by atoms with Crippen LogP contribution in [-0.4, -0.2) is 37.2 Å². The fraction of sp³-hybridized carbons (Fsp3) is 0.200. The fourth-order valence-corrected chi connectivity index (χ4v) is 2.59. The SMILES string of the molecule is COc1ccc(/C=C2\Oc3cc(OC(C)C(=O)O)ccc3C2=O)cc1OC. The Morgan fingerprint density at radius 1 is 1.11 bits per heavy atom. The molecule has 27 heavy (non-hydrogen) atoms. The number of carboxylic acid groups (broad SMARTS) is 1. The summed E-state index contributed by atoms with van der Waals surface area (Å²) in [6.45, 7) is 1.42. The predicted molar refractivity (Wildman–Crippen MR) is 96.6 cm³/mol. The minimum Gasteiger partial charge on any atom is -0.493 e. The standard InChI is InChI=1S/C20H18O7/c1-11(20(22)23)26-13-5-6-14-16(10-13)27-18(19(14)21)9-12-4-7-15(24-2)17(8-12)25-3/h4-11H,1-3H3,(H,22,23)/b18-9-. The molecule has 1 aliphatic rings. The number of hydrogen-bond donors (Lipinski definition) is 1. The van der Waals surface area contributed by atoms with Crippen LogP contribution in [0.3, 0.4) is 0 Å². The number of carboxylic acids is 1. The number of ether oxygens (including phenoxy) is 4. The summed E-state index contributed by atoms with van der Waals surface area (Å²) in [4.78, 5) is 23.4. The highest BCUT2D eigenvalue weighted by Gasteiger charge is 2.28. The average molecular weight is 370 g/mol. The number of ketones is 1. The molecule has 2 aromatic rings. The van der Waals surface area contributed by atoms with Gasteiger partial charge in [0.1, 0.15) is 11.5 Å². The van der Waals surface area contributed by atoms with E-state index in [9.17, 15) is 9.59 Å². The lowest BCUT2D eigenvalue weighted by Gasteiger charge is -2.10. The van der Waals surface area contributed by atoms with Gasteiger partial charge in [-0.2, -0.15) is 0 Å². The normalized spacial score (nSPS) is 15.1. The summed E-state index contributed by atoms with van der Waals surface area (Å²) < 4.78 is 21.4. The Morgan fingerprint density at radius 2 is 1.85 bits per heavy atom. The average Bonchev–Trinajstić information content (AvgIpc) is 2.96. The third kappa shape index (κ3) is 3.72. The molecule has 0 aliphatic carbocycles. The van der Waals surface area contributed by atoms with Crippen LogP contribution in [-0.2, 0) is 4.79 Å². The molecule has 0 bridgehead atoms. The Bertz CT molecular complexity index is 930. The lowest BCUT2D eigenvalue weighted by molar-refractivity contribution is -0.144. The number of benzene rings is 2. The number of allylic oxidation sites excluding steroid dienone is 1. The zero-order valence-corrected chi connectivity index (χ0v) is 15.0. The molecule has 0 radical (unpaired) electrons. The van der Waals surface area contributed by atoms with E-state index >= 15 is 0 Å². The van der Waals surface area contributed by atoms with Crippen molar-refractivity contribution in [2.24, 2.45) is 0 Å². The molecular weight excluding hydrogens is 352 g/mol. The van der Waals surface area contributed by atoms with Crippen molar-refractivity contribution < 1.29 is 33.6 Å². The van der Waals surface area contributed by atoms with E-state index in [1.807, 2.05) is 0 Å². The highest BCUT2D eigenvalue weighted by molar-refractivity contribution is 6.14. The molecule has 0 aromatic heterocycles. The van der Waals surface area contributed by atoms with E-state index in [4.69, 9.17) is 24.1 Å². The summed E-state index contributed by atoms with van der Waals surface area (Å²) in [5.41, 5.74) is 1.09. The number of fused-ring (bicyclic) bond motifs is 1. The van der Waals surface area contributed by atoms with Crippen LogP contribution in [0.1, 0.15) is 22.8 Å². The van der Waals surface area contributed by atoms with E-state index in [0.29, 0.717) is 34.1 Å². The molecular formula is C20H18O7. The van der Waals surface area contributed by atoms with Crippen LogP contribution in [0.5, 0.6) is 23.0 Å². The van der Waals surface area contributed by atoms with Crippen molar-refractivity contribution in [3.63, 3.8) is 0 Å². The number of carbonyl (C=O) groups is 2. The van der Waals surface area contributed by atoms with Gasteiger partial charge in [-0.1, -0.05) is 6.07 Å². The van der Waals surface area contributed by atoms with Gasteiger partial charge in [0.25, 0.3) is 0 Å². The first-order valence-corrected chi connectivity index (χ1v) is 8.12. The first kappa shape index (κ1) is 18.3. The van der Waals surface area contributed by atoms with Gasteiger partial charge in [0.05, 0.1) is 19.8 Å². The Hall–Kier alpha value is -3.48. The topological polar surface area (TPSA) is 91.3 Å². The summed E-state index contributed by atoms with van der Waals surface area (Å²) in [5, 5.41) is 8.93. The van der Waals surface area contributed by atoms with E-state index in [0.717, 1.165) is 0 Å². The highest BCUT2D eigenvalue weighted by atomic mass is 16.5. The maximum atomic E-state index is 12.5. The van der Waals surface area contributed by atoms with Gasteiger partial charge in [0.15, 0.2) is 23.4 Å². The molecule has 1 aliphatic heterocycles. The molecule has 1 atom stereocenters. The first-order chi connectivity index (χ1) is 12.9. The minimum absolute atomic E-state index is 0.153. The molecule has 2 aromatic carbocycles. The molecule has 0 fully saturated rings. The van der Waals surface area contributed by atoms with Crippen LogP contribution in [0, 0.1) is 0 Å².